The van der Waals surface area contributed by atoms with Crippen molar-refractivity contribution in [1.29, 1.82) is 0 Å². The summed E-state index contributed by atoms with van der Waals surface area (Å²) in [6, 6.07) is 34.5. The molecule has 4 aromatic rings. The second kappa shape index (κ2) is 17.8. The topological polar surface area (TPSA) is 117 Å². The summed E-state index contributed by atoms with van der Waals surface area (Å²) >= 11 is 1.78. The van der Waals surface area contributed by atoms with Crippen LogP contribution < -0.4 is 10.8 Å². The van der Waals surface area contributed by atoms with E-state index in [0.717, 1.165) is 52.0 Å². The molecule has 1 heterocycles. The van der Waals surface area contributed by atoms with Crippen LogP contribution in [0.15, 0.2) is 108 Å². The quantitative estimate of drug-likeness (QED) is 0.0462. The fraction of sp³-hybridized carbons (Fsp3) is 0.316. The summed E-state index contributed by atoms with van der Waals surface area (Å²) in [4.78, 5) is 24.8. The van der Waals surface area contributed by atoms with Crippen LogP contribution in [-0.2, 0) is 32.2 Å². The Bertz CT molecular complexity index is 1570. The Hall–Kier alpha value is -3.99. The lowest BCUT2D eigenvalue weighted by Gasteiger charge is -2.36. The molecule has 0 unspecified atom stereocenters. The van der Waals surface area contributed by atoms with Crippen molar-refractivity contribution in [1.82, 2.24) is 10.8 Å². The SMILES string of the molecule is O=C(CCCCCC(=O)NCc1ccccc1-c1ccc([C@H]2O[C@@H](CSc3ccccc3)C[C@@H](c3ccc(CO)cc3)O2)cc1)NO. The number of hydrogen-bond donors (Lipinski definition) is 4. The van der Waals surface area contributed by atoms with Gasteiger partial charge in [0.1, 0.15) is 0 Å². The molecule has 0 radical (unpaired) electrons. The number of hydrogen-bond acceptors (Lipinski definition) is 7. The summed E-state index contributed by atoms with van der Waals surface area (Å²) in [5.41, 5.74) is 7.58. The first-order valence-electron chi connectivity index (χ1n) is 16.1. The molecule has 1 saturated heterocycles. The van der Waals surface area contributed by atoms with Crippen molar-refractivity contribution >= 4 is 23.6 Å². The van der Waals surface area contributed by atoms with Crippen molar-refractivity contribution in [2.45, 2.75) is 75.1 Å². The minimum absolute atomic E-state index is 0.00474. The van der Waals surface area contributed by atoms with Crippen molar-refractivity contribution in [3.8, 4) is 11.1 Å². The van der Waals surface area contributed by atoms with Crippen molar-refractivity contribution in [2.75, 3.05) is 5.75 Å². The number of carbonyl (C=O) groups is 2. The van der Waals surface area contributed by atoms with Gasteiger partial charge in [0.2, 0.25) is 11.8 Å². The van der Waals surface area contributed by atoms with Gasteiger partial charge in [-0.25, -0.2) is 5.48 Å². The summed E-state index contributed by atoms with van der Waals surface area (Å²) in [5.74, 6) is 0.357. The van der Waals surface area contributed by atoms with E-state index in [2.05, 4.69) is 35.6 Å². The van der Waals surface area contributed by atoms with Gasteiger partial charge in [0.05, 0.1) is 18.8 Å². The van der Waals surface area contributed by atoms with E-state index in [4.69, 9.17) is 14.7 Å². The highest BCUT2D eigenvalue weighted by molar-refractivity contribution is 7.99. The third kappa shape index (κ3) is 10.2. The van der Waals surface area contributed by atoms with Crippen molar-refractivity contribution in [2.24, 2.45) is 0 Å². The smallest absolute Gasteiger partial charge is 0.243 e. The molecule has 4 N–H and O–H groups in total. The van der Waals surface area contributed by atoms with Crippen molar-refractivity contribution in [3.05, 3.63) is 125 Å². The number of aliphatic hydroxyl groups is 1. The Morgan fingerprint density at radius 2 is 1.45 bits per heavy atom. The lowest BCUT2D eigenvalue weighted by atomic mass is 9.97. The van der Waals surface area contributed by atoms with Crippen LogP contribution in [0.25, 0.3) is 11.1 Å². The first kappa shape index (κ1) is 34.3. The molecule has 47 heavy (non-hydrogen) atoms. The van der Waals surface area contributed by atoms with E-state index in [1.54, 1.807) is 17.2 Å². The van der Waals surface area contributed by atoms with Crippen LogP contribution in [0, 0.1) is 0 Å². The van der Waals surface area contributed by atoms with Gasteiger partial charge in [-0.15, -0.1) is 11.8 Å². The third-order valence-electron chi connectivity index (χ3n) is 8.21. The van der Waals surface area contributed by atoms with Gasteiger partial charge >= 0.3 is 0 Å². The lowest BCUT2D eigenvalue weighted by molar-refractivity contribution is -0.245. The zero-order valence-corrected chi connectivity index (χ0v) is 27.2. The molecular formula is C38H42N2O6S. The molecule has 0 spiro atoms. The molecule has 0 bridgehead atoms. The zero-order chi connectivity index (χ0) is 32.8. The van der Waals surface area contributed by atoms with E-state index in [-0.39, 0.29) is 31.1 Å². The van der Waals surface area contributed by atoms with Crippen LogP contribution in [0.1, 0.15) is 73.2 Å². The molecule has 1 aliphatic rings. The first-order valence-corrected chi connectivity index (χ1v) is 17.1. The number of nitrogens with one attached hydrogen (secondary N) is 2. The van der Waals surface area contributed by atoms with E-state index < -0.39 is 12.2 Å². The number of hydroxylamine groups is 1. The van der Waals surface area contributed by atoms with Crippen molar-refractivity contribution in [3.63, 3.8) is 0 Å². The highest BCUT2D eigenvalue weighted by Crippen LogP contribution is 2.40. The molecule has 8 nitrogen and oxygen atoms in total. The number of benzene rings is 4. The van der Waals surface area contributed by atoms with E-state index >= 15 is 0 Å². The van der Waals surface area contributed by atoms with E-state index in [0.29, 0.717) is 25.8 Å². The maximum atomic E-state index is 12.5. The zero-order valence-electron chi connectivity index (χ0n) is 26.3. The molecule has 9 heteroatoms. The number of carbonyl (C=O) groups excluding carboxylic acids is 2. The third-order valence-corrected chi connectivity index (χ3v) is 9.36. The fourth-order valence-electron chi connectivity index (χ4n) is 5.59. The predicted molar refractivity (Wildman–Crippen MR) is 182 cm³/mol. The van der Waals surface area contributed by atoms with Crippen LogP contribution in [0.2, 0.25) is 0 Å². The number of unbranched alkanes of at least 4 members (excludes halogenated alkanes) is 2. The highest BCUT2D eigenvalue weighted by atomic mass is 32.2. The highest BCUT2D eigenvalue weighted by Gasteiger charge is 2.32. The number of thioether (sulfide) groups is 1. The molecular weight excluding hydrogens is 612 g/mol. The van der Waals surface area contributed by atoms with Crippen LogP contribution in [0.3, 0.4) is 0 Å². The molecule has 0 saturated carbocycles. The van der Waals surface area contributed by atoms with Crippen LogP contribution in [-0.4, -0.2) is 34.0 Å². The Labute approximate surface area is 280 Å². The van der Waals surface area contributed by atoms with Crippen LogP contribution >= 0.6 is 11.8 Å². The predicted octanol–water partition coefficient (Wildman–Crippen LogP) is 7.26. The second-order valence-electron chi connectivity index (χ2n) is 11.6. The minimum atomic E-state index is -0.533. The Morgan fingerprint density at radius 1 is 0.766 bits per heavy atom. The maximum absolute atomic E-state index is 12.5. The largest absolute Gasteiger partial charge is 0.392 e. The Morgan fingerprint density at radius 3 is 2.17 bits per heavy atom. The molecule has 3 atom stereocenters. The van der Waals surface area contributed by atoms with Gasteiger partial charge in [-0.1, -0.05) is 97.4 Å². The molecule has 1 aliphatic heterocycles. The van der Waals surface area contributed by atoms with Gasteiger partial charge in [0.25, 0.3) is 0 Å². The molecule has 0 aliphatic carbocycles. The molecule has 246 valence electrons. The average Bonchev–Trinajstić information content (AvgIpc) is 3.13. The number of ether oxygens (including phenoxy) is 2. The number of aliphatic hydroxyl groups excluding tert-OH is 1. The first-order chi connectivity index (χ1) is 23.0. The van der Waals surface area contributed by atoms with Gasteiger partial charge < -0.3 is 19.9 Å². The van der Waals surface area contributed by atoms with Gasteiger partial charge in [0, 0.05) is 42.0 Å². The fourth-order valence-corrected chi connectivity index (χ4v) is 6.53. The lowest BCUT2D eigenvalue weighted by Crippen LogP contribution is -2.31. The molecule has 0 aromatic heterocycles. The summed E-state index contributed by atoms with van der Waals surface area (Å²) in [7, 11) is 0. The maximum Gasteiger partial charge on any atom is 0.243 e. The average molecular weight is 655 g/mol. The van der Waals surface area contributed by atoms with Gasteiger partial charge in [-0.05, 0) is 52.8 Å². The second-order valence-corrected chi connectivity index (χ2v) is 12.7. The normalized spacial score (nSPS) is 17.6. The molecule has 4 aromatic carbocycles. The van der Waals surface area contributed by atoms with Crippen LogP contribution in [0.5, 0.6) is 0 Å². The summed E-state index contributed by atoms with van der Waals surface area (Å²) in [6.45, 7) is 0.417. The monoisotopic (exact) mass is 654 g/mol. The summed E-state index contributed by atoms with van der Waals surface area (Å²) < 4.78 is 13.1. The Kier molecular flexibility index (Phi) is 13.0. The van der Waals surface area contributed by atoms with E-state index in [9.17, 15) is 14.7 Å². The van der Waals surface area contributed by atoms with Gasteiger partial charge in [-0.2, -0.15) is 0 Å². The number of rotatable bonds is 15. The molecule has 5 rings (SSSR count). The molecule has 2 amide bonds. The van der Waals surface area contributed by atoms with Gasteiger partial charge in [0.15, 0.2) is 6.29 Å². The molecule has 1 fully saturated rings. The van der Waals surface area contributed by atoms with E-state index in [1.165, 1.54) is 4.90 Å². The standard InChI is InChI=1S/C38H42N2O6S/c41-25-27-15-17-29(18-16-27)35-23-32(26-47-33-10-3-1-4-11-33)45-38(46-35)30-21-19-28(20-22-30)34-12-8-7-9-31(34)24-39-36(42)13-5-2-6-14-37(43)40-44/h1,3-4,7-12,15-22,32,35,38,41,44H,2,5-6,13-14,23-26H2,(H,39,42)(H,40,43)/t32-,35+,38+/m1/s1. The Balaban J connectivity index is 1.23. The summed E-state index contributed by atoms with van der Waals surface area (Å²) in [5, 5.41) is 21.1. The number of amides is 2. The minimum Gasteiger partial charge on any atom is -0.392 e. The van der Waals surface area contributed by atoms with Gasteiger partial charge in [-0.3, -0.25) is 14.8 Å². The summed E-state index contributed by atoms with van der Waals surface area (Å²) in [6.07, 6.45) is 2.70. The van der Waals surface area contributed by atoms with Crippen LogP contribution in [0.4, 0.5) is 0 Å². The van der Waals surface area contributed by atoms with E-state index in [1.807, 2.05) is 72.8 Å². The van der Waals surface area contributed by atoms with Crippen molar-refractivity contribution < 1.29 is 29.4 Å².